The molecule has 1 aromatic heterocycles. The molecule has 2 N–H and O–H groups in total. The average Bonchev–Trinajstić information content (AvgIpc) is 3.29. The number of aromatic nitrogens is 2. The first kappa shape index (κ1) is 22.0. The number of likely N-dealkylation sites (tertiary alicyclic amines) is 2. The number of nitrogens with zero attached hydrogens (tertiary/aromatic N) is 4. The van der Waals surface area contributed by atoms with Crippen molar-refractivity contribution in [1.29, 1.82) is 0 Å². The molecule has 7 nitrogen and oxygen atoms in total. The summed E-state index contributed by atoms with van der Waals surface area (Å²) >= 11 is 6.08. The SMILES string of the molecule is Cc1nc(=O)n(C)c(C)c1C(=O)N1CC2CN(CC[C@H](N)c3cccc(Cl)c3)CC2C1. The van der Waals surface area contributed by atoms with Gasteiger partial charge in [0.05, 0.1) is 11.3 Å². The summed E-state index contributed by atoms with van der Waals surface area (Å²) in [7, 11) is 1.66. The number of hydrogen-bond acceptors (Lipinski definition) is 5. The molecule has 8 heteroatoms. The zero-order valence-corrected chi connectivity index (χ0v) is 19.1. The summed E-state index contributed by atoms with van der Waals surface area (Å²) in [4.78, 5) is 33.5. The van der Waals surface area contributed by atoms with Gasteiger partial charge in [-0.25, -0.2) is 4.79 Å². The van der Waals surface area contributed by atoms with Gasteiger partial charge in [0.25, 0.3) is 5.91 Å². The van der Waals surface area contributed by atoms with Gasteiger partial charge in [-0.15, -0.1) is 0 Å². The molecule has 3 atom stereocenters. The van der Waals surface area contributed by atoms with E-state index >= 15 is 0 Å². The average molecular weight is 444 g/mol. The van der Waals surface area contributed by atoms with E-state index in [9.17, 15) is 9.59 Å². The van der Waals surface area contributed by atoms with E-state index in [2.05, 4.69) is 9.88 Å². The van der Waals surface area contributed by atoms with Crippen LogP contribution in [0.15, 0.2) is 29.1 Å². The molecule has 0 aliphatic carbocycles. The lowest BCUT2D eigenvalue weighted by atomic mass is 10.0. The number of benzene rings is 1. The summed E-state index contributed by atoms with van der Waals surface area (Å²) in [6.07, 6.45) is 0.879. The molecule has 2 aromatic rings. The molecule has 0 radical (unpaired) electrons. The lowest BCUT2D eigenvalue weighted by molar-refractivity contribution is 0.0770. The third-order valence-corrected chi connectivity index (χ3v) is 7.11. The standard InChI is InChI=1S/C23H30ClN5O2/c1-14-21(15(2)27(3)23(31)26-14)22(30)29-12-17-10-28(11-18(17)13-29)8-7-20(25)16-5-4-6-19(24)9-16/h4-6,9,17-18,20H,7-8,10-13,25H2,1-3H3/t17?,18?,20-/m0/s1. The lowest BCUT2D eigenvalue weighted by Crippen LogP contribution is -2.36. The van der Waals surface area contributed by atoms with E-state index in [1.807, 2.05) is 36.1 Å². The van der Waals surface area contributed by atoms with Crippen molar-refractivity contribution in [2.24, 2.45) is 24.6 Å². The quantitative estimate of drug-likeness (QED) is 0.765. The minimum atomic E-state index is -0.323. The van der Waals surface area contributed by atoms with Crippen LogP contribution >= 0.6 is 11.6 Å². The van der Waals surface area contributed by atoms with Gasteiger partial charge in [0.15, 0.2) is 0 Å². The van der Waals surface area contributed by atoms with Crippen molar-refractivity contribution in [3.8, 4) is 0 Å². The Labute approximate surface area is 187 Å². The van der Waals surface area contributed by atoms with E-state index in [0.717, 1.165) is 44.7 Å². The van der Waals surface area contributed by atoms with Gasteiger partial charge >= 0.3 is 5.69 Å². The summed E-state index contributed by atoms with van der Waals surface area (Å²) < 4.78 is 1.45. The maximum atomic E-state index is 13.2. The summed E-state index contributed by atoms with van der Waals surface area (Å²) in [5.41, 5.74) is 8.87. The predicted molar refractivity (Wildman–Crippen MR) is 121 cm³/mol. The van der Waals surface area contributed by atoms with E-state index in [1.165, 1.54) is 4.57 Å². The zero-order valence-electron chi connectivity index (χ0n) is 18.3. The van der Waals surface area contributed by atoms with E-state index < -0.39 is 0 Å². The van der Waals surface area contributed by atoms with Crippen LogP contribution in [0.3, 0.4) is 0 Å². The molecule has 2 fully saturated rings. The minimum Gasteiger partial charge on any atom is -0.338 e. The number of hydrogen-bond donors (Lipinski definition) is 1. The molecule has 2 aliphatic heterocycles. The van der Waals surface area contributed by atoms with Crippen molar-refractivity contribution in [2.45, 2.75) is 26.3 Å². The van der Waals surface area contributed by atoms with E-state index in [-0.39, 0.29) is 17.6 Å². The highest BCUT2D eigenvalue weighted by Gasteiger charge is 2.42. The van der Waals surface area contributed by atoms with Gasteiger partial charge in [0, 0.05) is 50.0 Å². The summed E-state index contributed by atoms with van der Waals surface area (Å²) in [6.45, 7) is 7.97. The van der Waals surface area contributed by atoms with Crippen molar-refractivity contribution < 1.29 is 4.79 Å². The van der Waals surface area contributed by atoms with Crippen LogP contribution in [0.1, 0.15) is 39.8 Å². The third-order valence-electron chi connectivity index (χ3n) is 6.87. The third kappa shape index (κ3) is 4.40. The van der Waals surface area contributed by atoms with Crippen LogP contribution in [-0.4, -0.2) is 58.0 Å². The second-order valence-corrected chi connectivity index (χ2v) is 9.38. The number of rotatable bonds is 5. The van der Waals surface area contributed by atoms with E-state index in [0.29, 0.717) is 33.8 Å². The van der Waals surface area contributed by atoms with Crippen LogP contribution in [0.5, 0.6) is 0 Å². The highest BCUT2D eigenvalue weighted by atomic mass is 35.5. The Hall–Kier alpha value is -2.22. The zero-order chi connectivity index (χ0) is 22.3. The molecule has 0 bridgehead atoms. The molecular weight excluding hydrogens is 414 g/mol. The molecule has 1 aromatic carbocycles. The van der Waals surface area contributed by atoms with Crippen molar-refractivity contribution in [3.05, 3.63) is 62.3 Å². The number of fused-ring (bicyclic) bond motifs is 1. The van der Waals surface area contributed by atoms with Crippen LogP contribution < -0.4 is 11.4 Å². The van der Waals surface area contributed by atoms with Crippen LogP contribution in [-0.2, 0) is 7.05 Å². The second-order valence-electron chi connectivity index (χ2n) is 8.94. The molecule has 3 heterocycles. The molecule has 2 aliphatic rings. The van der Waals surface area contributed by atoms with Crippen molar-refractivity contribution >= 4 is 17.5 Å². The highest BCUT2D eigenvalue weighted by Crippen LogP contribution is 2.33. The van der Waals surface area contributed by atoms with Gasteiger partial charge in [-0.3, -0.25) is 9.36 Å². The predicted octanol–water partition coefficient (Wildman–Crippen LogP) is 2.14. The molecule has 0 saturated carbocycles. The van der Waals surface area contributed by atoms with Crippen molar-refractivity contribution in [3.63, 3.8) is 0 Å². The molecule has 0 spiro atoms. The molecule has 166 valence electrons. The minimum absolute atomic E-state index is 0.0120. The maximum absolute atomic E-state index is 13.2. The van der Waals surface area contributed by atoms with Gasteiger partial charge < -0.3 is 15.5 Å². The molecule has 1 amide bonds. The molecule has 31 heavy (non-hydrogen) atoms. The van der Waals surface area contributed by atoms with Crippen molar-refractivity contribution in [2.75, 3.05) is 32.7 Å². The monoisotopic (exact) mass is 443 g/mol. The number of nitrogens with two attached hydrogens (primary N) is 1. The first-order chi connectivity index (χ1) is 14.7. The summed E-state index contributed by atoms with van der Waals surface area (Å²) in [5.74, 6) is 0.946. The van der Waals surface area contributed by atoms with E-state index in [4.69, 9.17) is 17.3 Å². The normalized spacial score (nSPS) is 22.0. The second kappa shape index (κ2) is 8.73. The van der Waals surface area contributed by atoms with Crippen LogP contribution in [0.25, 0.3) is 0 Å². The molecule has 2 saturated heterocycles. The smallest absolute Gasteiger partial charge is 0.338 e. The van der Waals surface area contributed by atoms with Crippen LogP contribution in [0.2, 0.25) is 5.02 Å². The van der Waals surface area contributed by atoms with Crippen LogP contribution in [0, 0.1) is 25.7 Å². The van der Waals surface area contributed by atoms with Crippen LogP contribution in [0.4, 0.5) is 0 Å². The van der Waals surface area contributed by atoms with Gasteiger partial charge in [0.1, 0.15) is 0 Å². The lowest BCUT2D eigenvalue weighted by Gasteiger charge is -2.24. The molecular formula is C23H30ClN5O2. The Balaban J connectivity index is 1.34. The number of halogens is 1. The maximum Gasteiger partial charge on any atom is 0.347 e. The van der Waals surface area contributed by atoms with Gasteiger partial charge in [-0.2, -0.15) is 4.98 Å². The first-order valence-electron chi connectivity index (χ1n) is 10.8. The number of carbonyl (C=O) groups excluding carboxylic acids is 1. The van der Waals surface area contributed by atoms with Gasteiger partial charge in [-0.05, 0) is 56.3 Å². The molecule has 2 unspecified atom stereocenters. The Morgan fingerprint density at radius 3 is 2.55 bits per heavy atom. The summed E-state index contributed by atoms with van der Waals surface area (Å²) in [5, 5.41) is 0.715. The number of aryl methyl sites for hydroxylation is 1. The van der Waals surface area contributed by atoms with E-state index in [1.54, 1.807) is 14.0 Å². The fraction of sp³-hybridized carbons (Fsp3) is 0.522. The van der Waals surface area contributed by atoms with Gasteiger partial charge in [0.2, 0.25) is 0 Å². The number of carbonyl (C=O) groups is 1. The molecule has 4 rings (SSSR count). The van der Waals surface area contributed by atoms with Crippen molar-refractivity contribution in [1.82, 2.24) is 19.4 Å². The first-order valence-corrected chi connectivity index (χ1v) is 11.2. The Morgan fingerprint density at radius 2 is 1.90 bits per heavy atom. The fourth-order valence-corrected chi connectivity index (χ4v) is 5.18. The number of amides is 1. The topological polar surface area (TPSA) is 84.5 Å². The largest absolute Gasteiger partial charge is 0.347 e. The Bertz CT molecular complexity index is 1040. The Morgan fingerprint density at radius 1 is 1.23 bits per heavy atom. The van der Waals surface area contributed by atoms with Gasteiger partial charge in [-0.1, -0.05) is 23.7 Å². The fourth-order valence-electron chi connectivity index (χ4n) is 4.98. The summed E-state index contributed by atoms with van der Waals surface area (Å²) in [6, 6.07) is 7.73. The highest BCUT2D eigenvalue weighted by molar-refractivity contribution is 6.30. The Kier molecular flexibility index (Phi) is 6.19.